The van der Waals surface area contributed by atoms with Crippen LogP contribution in [-0.4, -0.2) is 69.5 Å². The van der Waals surface area contributed by atoms with Gasteiger partial charge < -0.3 is 19.1 Å². The van der Waals surface area contributed by atoms with Gasteiger partial charge in [-0.1, -0.05) is 18.2 Å². The molecule has 3 aromatic rings. The molecule has 12 heteroatoms. The van der Waals surface area contributed by atoms with Gasteiger partial charge in [-0.05, 0) is 64.4 Å². The Kier molecular flexibility index (Phi) is 8.98. The van der Waals surface area contributed by atoms with Crippen molar-refractivity contribution in [3.8, 4) is 5.75 Å². The van der Waals surface area contributed by atoms with Crippen LogP contribution in [0.4, 0.5) is 5.69 Å². The van der Waals surface area contributed by atoms with Crippen LogP contribution >= 0.6 is 0 Å². The summed E-state index contributed by atoms with van der Waals surface area (Å²) < 4.78 is 73.8. The molecule has 0 fully saturated rings. The van der Waals surface area contributed by atoms with Gasteiger partial charge in [0.1, 0.15) is 40.1 Å². The predicted molar refractivity (Wildman–Crippen MR) is 144 cm³/mol. The first-order valence-electron chi connectivity index (χ1n) is 11.3. The summed E-state index contributed by atoms with van der Waals surface area (Å²) in [6, 6.07) is 11.5. The molecule has 39 heavy (non-hydrogen) atoms. The van der Waals surface area contributed by atoms with Gasteiger partial charge in [0.2, 0.25) is 0 Å². The molecule has 1 aliphatic rings. The second-order valence-corrected chi connectivity index (χ2v) is 11.9. The van der Waals surface area contributed by atoms with Crippen LogP contribution in [0.25, 0.3) is 16.3 Å². The second-order valence-electron chi connectivity index (χ2n) is 9.15. The number of nitrogens with zero attached hydrogens (tertiary/aromatic N) is 2. The summed E-state index contributed by atoms with van der Waals surface area (Å²) in [5, 5.41) is 11.5. The van der Waals surface area contributed by atoms with Crippen LogP contribution < -0.4 is 34.5 Å². The molecule has 0 aromatic heterocycles. The average Bonchev–Trinajstić information content (AvgIpc) is 2.84. The van der Waals surface area contributed by atoms with Crippen molar-refractivity contribution in [3.63, 3.8) is 0 Å². The summed E-state index contributed by atoms with van der Waals surface area (Å²) in [5.74, 6) is -0.837. The number of phenolic OH excluding ortho intramolecular Hbond substituents is 1. The molecule has 0 radical (unpaired) electrons. The summed E-state index contributed by atoms with van der Waals surface area (Å²) in [5.41, 5.74) is 3.12. The van der Waals surface area contributed by atoms with Crippen molar-refractivity contribution in [3.05, 3.63) is 89.5 Å². The van der Waals surface area contributed by atoms with Crippen molar-refractivity contribution in [2.24, 2.45) is 0 Å². The summed E-state index contributed by atoms with van der Waals surface area (Å²) in [6.45, 7) is 0. The van der Waals surface area contributed by atoms with E-state index in [0.29, 0.717) is 16.7 Å². The summed E-state index contributed by atoms with van der Waals surface area (Å²) >= 11 is 0. The molecule has 0 amide bonds. The molecule has 3 aromatic carbocycles. The Labute approximate surface area is 249 Å². The molecule has 0 bridgehead atoms. The Bertz CT molecular complexity index is 1780. The fraction of sp³-hybridized carbons (Fsp3) is 0.148. The van der Waals surface area contributed by atoms with Crippen molar-refractivity contribution in [2.75, 3.05) is 33.1 Å². The Morgan fingerprint density at radius 3 is 1.92 bits per heavy atom. The number of allylic oxidation sites excluding steroid dienone is 5. The summed E-state index contributed by atoms with van der Waals surface area (Å²) in [7, 11) is -2.54. The molecule has 0 aliphatic heterocycles. The van der Waals surface area contributed by atoms with Gasteiger partial charge in [0, 0.05) is 43.1 Å². The molecule has 0 atom stereocenters. The number of anilines is 1. The van der Waals surface area contributed by atoms with Crippen molar-refractivity contribution < 1.29 is 65.2 Å². The molecule has 4 rings (SSSR count). The van der Waals surface area contributed by atoms with Crippen LogP contribution in [0.1, 0.15) is 11.1 Å². The molecule has 1 aliphatic carbocycles. The normalized spacial score (nSPS) is 13.4. The molecule has 0 spiro atoms. The topological polar surface area (TPSA) is 141 Å². The number of fused-ring (bicyclic) bond motifs is 1. The maximum atomic E-state index is 12.1. The van der Waals surface area contributed by atoms with Gasteiger partial charge in [-0.25, -0.2) is 21.4 Å². The first-order chi connectivity index (χ1) is 17.7. The fourth-order valence-corrected chi connectivity index (χ4v) is 5.35. The quantitative estimate of drug-likeness (QED) is 0.256. The van der Waals surface area contributed by atoms with Gasteiger partial charge in [-0.15, -0.1) is 0 Å². The minimum atomic E-state index is -5.13. The Hall–Kier alpha value is -2.77. The average molecular weight is 577 g/mol. The van der Waals surface area contributed by atoms with Crippen molar-refractivity contribution >= 4 is 48.0 Å². The number of hydrogen-bond donors (Lipinski definition) is 1. The van der Waals surface area contributed by atoms with E-state index in [-0.39, 0.29) is 45.9 Å². The Balaban J connectivity index is 0.00000420. The number of rotatable bonds is 5. The van der Waals surface area contributed by atoms with Gasteiger partial charge in [-0.3, -0.25) is 0 Å². The number of benzene rings is 3. The van der Waals surface area contributed by atoms with E-state index >= 15 is 0 Å². The van der Waals surface area contributed by atoms with E-state index in [0.717, 1.165) is 29.6 Å². The number of phenols is 1. The Morgan fingerprint density at radius 1 is 0.846 bits per heavy atom. The van der Waals surface area contributed by atoms with E-state index in [2.05, 4.69) is 0 Å². The van der Waals surface area contributed by atoms with E-state index in [9.17, 15) is 31.0 Å². The predicted octanol–water partition coefficient (Wildman–Crippen LogP) is 0.0646. The number of hydrogen-bond acceptors (Lipinski definition) is 8. The van der Waals surface area contributed by atoms with Crippen LogP contribution in [0.15, 0.2) is 88.2 Å². The zero-order chi connectivity index (χ0) is 28.0. The maximum Gasteiger partial charge on any atom is 1.00 e. The van der Waals surface area contributed by atoms with Crippen LogP contribution in [0, 0.1) is 0 Å². The van der Waals surface area contributed by atoms with Gasteiger partial charge in [0.25, 0.3) is 0 Å². The van der Waals surface area contributed by atoms with E-state index in [4.69, 9.17) is 0 Å². The molecule has 0 saturated heterocycles. The van der Waals surface area contributed by atoms with Gasteiger partial charge in [-0.2, -0.15) is 0 Å². The molecule has 0 unspecified atom stereocenters. The summed E-state index contributed by atoms with van der Waals surface area (Å²) in [6.07, 6.45) is 7.18. The smallest absolute Gasteiger partial charge is 0.744 e. The van der Waals surface area contributed by atoms with E-state index in [1.165, 1.54) is 6.07 Å². The standard InChI is InChI=1S/C27H26N2O7S2.Na/c1-28(2)20-10-5-17(6-11-20)25(18-7-12-21(13-8-18)29(3)4)26-23-16-22(37(31,32)33)14-9-19(23)15-24(27(26)30)38(34,35)36;/h5-16H,1-4H3,(H2,31,32,33,34,35,36);/q;+1/p-1. The first kappa shape index (κ1) is 30.8. The van der Waals surface area contributed by atoms with E-state index in [1.807, 2.05) is 62.0 Å². The van der Waals surface area contributed by atoms with Crippen LogP contribution in [0.5, 0.6) is 5.75 Å². The molecule has 0 heterocycles. The third-order valence-corrected chi connectivity index (χ3v) is 7.88. The molecule has 9 nitrogen and oxygen atoms in total. The minimum Gasteiger partial charge on any atom is -0.744 e. The minimum absolute atomic E-state index is 0. The van der Waals surface area contributed by atoms with Gasteiger partial charge in [0.05, 0.1) is 9.79 Å². The van der Waals surface area contributed by atoms with Gasteiger partial charge >= 0.3 is 29.6 Å². The van der Waals surface area contributed by atoms with Crippen molar-refractivity contribution in [2.45, 2.75) is 9.79 Å². The van der Waals surface area contributed by atoms with E-state index < -0.39 is 35.8 Å². The molecular weight excluding hydrogens is 551 g/mol. The third kappa shape index (κ3) is 6.36. The maximum absolute atomic E-state index is 12.1. The fourth-order valence-electron chi connectivity index (χ4n) is 4.25. The first-order valence-corrected chi connectivity index (χ1v) is 14.1. The van der Waals surface area contributed by atoms with Gasteiger partial charge in [0.15, 0.2) is 5.71 Å². The molecular formula is C27H25N2NaO7S2. The second kappa shape index (κ2) is 11.4. The summed E-state index contributed by atoms with van der Waals surface area (Å²) in [4.78, 5) is 0.469. The zero-order valence-corrected chi connectivity index (χ0v) is 25.7. The Morgan fingerprint density at radius 2 is 1.44 bits per heavy atom. The monoisotopic (exact) mass is 576 g/mol. The zero-order valence-electron chi connectivity index (χ0n) is 22.0. The SMILES string of the molecule is CN(C)c1ccc(C(=C2C=CC(=[N+](C)C)C=C2)c2c(O)c(S(=O)(=O)[O-])cc3ccc(S(=O)(=O)[O-])cc23)cc1.[Na+]. The van der Waals surface area contributed by atoms with Crippen LogP contribution in [0.2, 0.25) is 0 Å². The molecule has 0 saturated carbocycles. The molecule has 198 valence electrons. The largest absolute Gasteiger partial charge is 1.00 e. The van der Waals surface area contributed by atoms with Crippen molar-refractivity contribution in [1.82, 2.24) is 0 Å². The number of aromatic hydroxyl groups is 1. The van der Waals surface area contributed by atoms with Crippen molar-refractivity contribution in [1.29, 1.82) is 0 Å². The van der Waals surface area contributed by atoms with E-state index in [1.54, 1.807) is 24.3 Å². The molecule has 1 N–H and O–H groups in total. The van der Waals surface area contributed by atoms with Crippen LogP contribution in [-0.2, 0) is 20.2 Å². The third-order valence-electron chi connectivity index (χ3n) is 6.20. The van der Waals surface area contributed by atoms with Crippen LogP contribution in [0.3, 0.4) is 0 Å².